The first-order valence-corrected chi connectivity index (χ1v) is 8.20. The molecule has 2 heterocycles. The van der Waals surface area contributed by atoms with Gasteiger partial charge in [0.15, 0.2) is 0 Å². The van der Waals surface area contributed by atoms with Gasteiger partial charge in [-0.25, -0.2) is 9.97 Å². The second-order valence-electron chi connectivity index (χ2n) is 5.35. The highest BCUT2D eigenvalue weighted by atomic mass is 35.5. The summed E-state index contributed by atoms with van der Waals surface area (Å²) < 4.78 is 0. The molecule has 0 aliphatic rings. The number of rotatable bonds is 1. The van der Waals surface area contributed by atoms with Crippen molar-refractivity contribution in [3.63, 3.8) is 0 Å². The Morgan fingerprint density at radius 1 is 0.808 bits per heavy atom. The molecule has 0 radical (unpaired) electrons. The monoisotopic (exact) mass is 386 g/mol. The number of hydrogen-bond donors (Lipinski definition) is 1. The maximum Gasteiger partial charge on any atom is 0.270 e. The summed E-state index contributed by atoms with van der Waals surface area (Å²) in [7, 11) is 0. The van der Waals surface area contributed by atoms with Gasteiger partial charge in [-0.05, 0) is 48.5 Å². The number of hydrogen-bond acceptors (Lipinski definition) is 5. The number of nitrogens with two attached hydrogens (primary N) is 1. The SMILES string of the molecule is Nc1ccc2nc(Cl)ccc2c1.O=[N+]([O-])c1ccc2nc(Cl)ccc2c1. The van der Waals surface area contributed by atoms with E-state index in [4.69, 9.17) is 28.9 Å². The normalized spacial score (nSPS) is 10.4. The van der Waals surface area contributed by atoms with Gasteiger partial charge in [0.25, 0.3) is 5.69 Å². The van der Waals surface area contributed by atoms with Crippen LogP contribution in [0.3, 0.4) is 0 Å². The van der Waals surface area contributed by atoms with E-state index in [2.05, 4.69) is 9.97 Å². The number of benzene rings is 2. The number of aromatic nitrogens is 2. The molecule has 0 bridgehead atoms. The summed E-state index contributed by atoms with van der Waals surface area (Å²) in [5.41, 5.74) is 7.93. The number of nitrogens with zero attached hydrogens (tertiary/aromatic N) is 3. The lowest BCUT2D eigenvalue weighted by atomic mass is 10.2. The number of anilines is 1. The van der Waals surface area contributed by atoms with Gasteiger partial charge in [-0.3, -0.25) is 10.1 Å². The van der Waals surface area contributed by atoms with E-state index < -0.39 is 4.92 Å². The number of halogens is 2. The van der Waals surface area contributed by atoms with E-state index in [1.807, 2.05) is 24.3 Å². The Labute approximate surface area is 158 Å². The first-order valence-electron chi connectivity index (χ1n) is 7.45. The van der Waals surface area contributed by atoms with Crippen molar-refractivity contribution in [3.05, 3.63) is 81.1 Å². The summed E-state index contributed by atoms with van der Waals surface area (Å²) in [6, 6.07) is 17.0. The lowest BCUT2D eigenvalue weighted by molar-refractivity contribution is -0.384. The van der Waals surface area contributed by atoms with Crippen LogP contribution in [0.15, 0.2) is 60.7 Å². The molecule has 4 rings (SSSR count). The lowest BCUT2D eigenvalue weighted by Gasteiger charge is -1.98. The van der Waals surface area contributed by atoms with Crippen molar-refractivity contribution < 1.29 is 4.92 Å². The Balaban J connectivity index is 0.000000152. The summed E-state index contributed by atoms with van der Waals surface area (Å²) in [5.74, 6) is 0. The van der Waals surface area contributed by atoms with Crippen LogP contribution in [0, 0.1) is 10.1 Å². The molecule has 0 aliphatic carbocycles. The average molecular weight is 387 g/mol. The van der Waals surface area contributed by atoms with E-state index in [0.717, 1.165) is 16.6 Å². The fourth-order valence-electron chi connectivity index (χ4n) is 2.32. The van der Waals surface area contributed by atoms with E-state index >= 15 is 0 Å². The van der Waals surface area contributed by atoms with Gasteiger partial charge in [0.2, 0.25) is 0 Å². The minimum atomic E-state index is -0.436. The molecular formula is C18H12Cl2N4O2. The molecule has 0 aliphatic heterocycles. The van der Waals surface area contributed by atoms with Gasteiger partial charge in [0.05, 0.1) is 16.0 Å². The Hall–Kier alpha value is -2.96. The van der Waals surface area contributed by atoms with Crippen molar-refractivity contribution in [1.29, 1.82) is 0 Å². The van der Waals surface area contributed by atoms with Crippen LogP contribution in [0.2, 0.25) is 10.3 Å². The second kappa shape index (κ2) is 7.51. The average Bonchev–Trinajstić information content (AvgIpc) is 2.62. The molecule has 26 heavy (non-hydrogen) atoms. The minimum absolute atomic E-state index is 0.0571. The molecule has 0 atom stereocenters. The molecule has 2 aromatic heterocycles. The molecule has 2 N–H and O–H groups in total. The molecule has 4 aromatic rings. The summed E-state index contributed by atoms with van der Waals surface area (Å²) in [6.45, 7) is 0. The van der Waals surface area contributed by atoms with Crippen molar-refractivity contribution in [1.82, 2.24) is 9.97 Å². The maximum absolute atomic E-state index is 10.5. The minimum Gasteiger partial charge on any atom is -0.399 e. The molecular weight excluding hydrogens is 375 g/mol. The third kappa shape index (κ3) is 4.17. The van der Waals surface area contributed by atoms with Gasteiger partial charge in [-0.1, -0.05) is 23.2 Å². The molecule has 0 saturated carbocycles. The zero-order valence-electron chi connectivity index (χ0n) is 13.3. The first kappa shape index (κ1) is 17.8. The van der Waals surface area contributed by atoms with Crippen molar-refractivity contribution in [2.45, 2.75) is 0 Å². The van der Waals surface area contributed by atoms with Crippen LogP contribution >= 0.6 is 23.2 Å². The quantitative estimate of drug-likeness (QED) is 0.208. The number of nitro groups is 1. The van der Waals surface area contributed by atoms with Gasteiger partial charge in [0, 0.05) is 28.6 Å². The van der Waals surface area contributed by atoms with Crippen LogP contribution in [-0.4, -0.2) is 14.9 Å². The summed E-state index contributed by atoms with van der Waals surface area (Å²) >= 11 is 11.4. The van der Waals surface area contributed by atoms with Crippen molar-refractivity contribution in [3.8, 4) is 0 Å². The topological polar surface area (TPSA) is 94.9 Å². The van der Waals surface area contributed by atoms with Crippen LogP contribution in [-0.2, 0) is 0 Å². The van der Waals surface area contributed by atoms with Gasteiger partial charge < -0.3 is 5.73 Å². The number of nitro benzene ring substituents is 1. The van der Waals surface area contributed by atoms with E-state index in [0.29, 0.717) is 21.2 Å². The van der Waals surface area contributed by atoms with E-state index in [1.54, 1.807) is 24.3 Å². The Kier molecular flexibility index (Phi) is 5.16. The summed E-state index contributed by atoms with van der Waals surface area (Å²) in [5, 5.41) is 13.1. The number of nitrogen functional groups attached to an aromatic ring is 1. The summed E-state index contributed by atoms with van der Waals surface area (Å²) in [6.07, 6.45) is 0. The fourth-order valence-corrected chi connectivity index (χ4v) is 2.63. The van der Waals surface area contributed by atoms with Crippen molar-refractivity contribution >= 4 is 56.4 Å². The number of non-ortho nitro benzene ring substituents is 1. The van der Waals surface area contributed by atoms with Crippen molar-refractivity contribution in [2.24, 2.45) is 0 Å². The third-order valence-corrected chi connectivity index (χ3v) is 3.95. The highest BCUT2D eigenvalue weighted by Crippen LogP contribution is 2.21. The molecule has 8 heteroatoms. The standard InChI is InChI=1S/C9H5ClN2O2.C9H7ClN2/c10-9-4-1-6-5-7(12(13)14)2-3-8(6)11-9;10-9-4-1-6-5-7(11)2-3-8(6)12-9/h1-5H;1-5H,11H2. The fraction of sp³-hybridized carbons (Fsp3) is 0. The highest BCUT2D eigenvalue weighted by molar-refractivity contribution is 6.30. The molecule has 0 amide bonds. The van der Waals surface area contributed by atoms with Gasteiger partial charge >= 0.3 is 0 Å². The van der Waals surface area contributed by atoms with Gasteiger partial charge in [-0.15, -0.1) is 0 Å². The number of fused-ring (bicyclic) bond motifs is 2. The van der Waals surface area contributed by atoms with Crippen LogP contribution in [0.25, 0.3) is 21.8 Å². The van der Waals surface area contributed by atoms with E-state index in [9.17, 15) is 10.1 Å². The van der Waals surface area contributed by atoms with Crippen LogP contribution in [0.5, 0.6) is 0 Å². The maximum atomic E-state index is 10.5. The molecule has 2 aromatic carbocycles. The molecule has 6 nitrogen and oxygen atoms in total. The predicted octanol–water partition coefficient (Wildman–Crippen LogP) is 5.27. The van der Waals surface area contributed by atoms with E-state index in [-0.39, 0.29) is 5.69 Å². The lowest BCUT2D eigenvalue weighted by Crippen LogP contribution is -1.88. The van der Waals surface area contributed by atoms with Crippen molar-refractivity contribution in [2.75, 3.05) is 5.73 Å². The Bertz CT molecular complexity index is 1080. The molecule has 0 unspecified atom stereocenters. The smallest absolute Gasteiger partial charge is 0.270 e. The molecule has 0 spiro atoms. The van der Waals surface area contributed by atoms with Gasteiger partial charge in [-0.2, -0.15) is 0 Å². The van der Waals surface area contributed by atoms with Crippen LogP contribution < -0.4 is 5.73 Å². The molecule has 0 saturated heterocycles. The highest BCUT2D eigenvalue weighted by Gasteiger charge is 2.06. The number of pyridine rings is 2. The van der Waals surface area contributed by atoms with Gasteiger partial charge in [0.1, 0.15) is 10.3 Å². The first-order chi connectivity index (χ1) is 12.4. The zero-order valence-corrected chi connectivity index (χ0v) is 14.8. The zero-order chi connectivity index (χ0) is 18.7. The van der Waals surface area contributed by atoms with Crippen LogP contribution in [0.1, 0.15) is 0 Å². The largest absolute Gasteiger partial charge is 0.399 e. The Morgan fingerprint density at radius 3 is 1.92 bits per heavy atom. The molecule has 130 valence electrons. The third-order valence-electron chi connectivity index (χ3n) is 3.53. The Morgan fingerprint density at radius 2 is 1.35 bits per heavy atom. The molecule has 0 fully saturated rings. The van der Waals surface area contributed by atoms with E-state index in [1.165, 1.54) is 12.1 Å². The summed E-state index contributed by atoms with van der Waals surface area (Å²) in [4.78, 5) is 18.2. The predicted molar refractivity (Wildman–Crippen MR) is 105 cm³/mol. The second-order valence-corrected chi connectivity index (χ2v) is 6.13. The van der Waals surface area contributed by atoms with Crippen LogP contribution in [0.4, 0.5) is 11.4 Å².